The molecule has 0 atom stereocenters. The first kappa shape index (κ1) is 16.2. The first-order valence-corrected chi connectivity index (χ1v) is 8.58. The third kappa shape index (κ3) is 2.58. The molecule has 1 heterocycles. The number of anilines is 1. The highest BCUT2D eigenvalue weighted by molar-refractivity contribution is 6.20. The topological polar surface area (TPSA) is 33.5 Å². The number of ketones is 1. The van der Waals surface area contributed by atoms with Gasteiger partial charge in [-0.05, 0) is 42.5 Å². The first-order chi connectivity index (χ1) is 12.7. The van der Waals surface area contributed by atoms with E-state index in [9.17, 15) is 4.79 Å². The van der Waals surface area contributed by atoms with Gasteiger partial charge in [-0.3, -0.25) is 4.79 Å². The van der Waals surface area contributed by atoms with Crippen LogP contribution in [0.25, 0.3) is 28.4 Å². The molecule has 0 radical (unpaired) electrons. The quantitative estimate of drug-likeness (QED) is 0.556. The summed E-state index contributed by atoms with van der Waals surface area (Å²) in [7, 11) is 0. The van der Waals surface area contributed by atoms with Crippen molar-refractivity contribution in [2.75, 3.05) is 18.0 Å². The van der Waals surface area contributed by atoms with Crippen LogP contribution in [0.4, 0.5) is 5.69 Å². The Hall–Kier alpha value is -3.33. The molecule has 3 nitrogen and oxygen atoms in total. The Bertz CT molecular complexity index is 1030. The van der Waals surface area contributed by atoms with E-state index >= 15 is 0 Å². The molecule has 0 spiro atoms. The molecule has 1 aliphatic rings. The summed E-state index contributed by atoms with van der Waals surface area (Å²) < 4.78 is 6.09. The highest BCUT2D eigenvalue weighted by Gasteiger charge is 2.22. The molecule has 0 N–H and O–H groups in total. The smallest absolute Gasteiger partial charge is 0.186 e. The van der Waals surface area contributed by atoms with E-state index in [-0.39, 0.29) is 5.78 Å². The number of rotatable bonds is 6. The minimum atomic E-state index is 0.0234. The number of hydrogen-bond acceptors (Lipinski definition) is 3. The molecule has 1 aliphatic carbocycles. The summed E-state index contributed by atoms with van der Waals surface area (Å²) >= 11 is 0. The molecular weight excluding hydrogens is 322 g/mol. The van der Waals surface area contributed by atoms with Gasteiger partial charge >= 0.3 is 0 Å². The molecule has 0 bridgehead atoms. The van der Waals surface area contributed by atoms with E-state index < -0.39 is 0 Å². The van der Waals surface area contributed by atoms with Crippen molar-refractivity contribution < 1.29 is 9.21 Å². The minimum absolute atomic E-state index is 0.0234. The van der Waals surface area contributed by atoms with Gasteiger partial charge in [0.05, 0.1) is 0 Å². The molecule has 0 aliphatic heterocycles. The minimum Gasteiger partial charge on any atom is -0.455 e. The summed E-state index contributed by atoms with van der Waals surface area (Å²) in [4.78, 5) is 14.3. The monoisotopic (exact) mass is 341 g/mol. The predicted molar refractivity (Wildman–Crippen MR) is 108 cm³/mol. The number of benzene rings is 2. The Labute approximate surface area is 152 Å². The van der Waals surface area contributed by atoms with E-state index in [2.05, 4.69) is 30.2 Å². The summed E-state index contributed by atoms with van der Waals surface area (Å²) in [6.45, 7) is 9.15. The van der Waals surface area contributed by atoms with Crippen LogP contribution in [-0.4, -0.2) is 18.9 Å². The Balaban J connectivity index is 1.77. The second kappa shape index (κ2) is 6.52. The van der Waals surface area contributed by atoms with Gasteiger partial charge in [-0.1, -0.05) is 24.3 Å². The van der Waals surface area contributed by atoms with Gasteiger partial charge in [0.15, 0.2) is 5.78 Å². The Morgan fingerprint density at radius 2 is 1.69 bits per heavy atom. The SMILES string of the molecule is C=CCN(CC=C)c1ccc(-c2oc3cccc4c3c2C=CC4=O)cc1. The average molecular weight is 341 g/mol. The molecule has 128 valence electrons. The van der Waals surface area contributed by atoms with Crippen LogP contribution < -0.4 is 4.90 Å². The van der Waals surface area contributed by atoms with Gasteiger partial charge in [0, 0.05) is 40.9 Å². The summed E-state index contributed by atoms with van der Waals surface area (Å²) in [5.41, 5.74) is 4.51. The number of nitrogens with zero attached hydrogens (tertiary/aromatic N) is 1. The third-order valence-corrected chi connectivity index (χ3v) is 4.61. The van der Waals surface area contributed by atoms with Crippen molar-refractivity contribution >= 4 is 28.5 Å². The molecule has 0 saturated heterocycles. The lowest BCUT2D eigenvalue weighted by atomic mass is 9.94. The predicted octanol–water partition coefficient (Wildman–Crippen LogP) is 5.49. The largest absolute Gasteiger partial charge is 0.455 e. The van der Waals surface area contributed by atoms with Crippen molar-refractivity contribution in [2.45, 2.75) is 0 Å². The fraction of sp³-hybridized carbons (Fsp3) is 0.0870. The Morgan fingerprint density at radius 1 is 0.962 bits per heavy atom. The van der Waals surface area contributed by atoms with Crippen molar-refractivity contribution in [3.63, 3.8) is 0 Å². The molecule has 26 heavy (non-hydrogen) atoms. The molecule has 2 aromatic carbocycles. The summed E-state index contributed by atoms with van der Waals surface area (Å²) in [5.74, 6) is 0.817. The van der Waals surface area contributed by atoms with E-state index in [0.29, 0.717) is 5.56 Å². The fourth-order valence-electron chi connectivity index (χ4n) is 3.42. The van der Waals surface area contributed by atoms with Gasteiger partial charge < -0.3 is 9.32 Å². The van der Waals surface area contributed by atoms with E-state index in [1.807, 2.05) is 48.6 Å². The van der Waals surface area contributed by atoms with Crippen LogP contribution in [0.1, 0.15) is 15.9 Å². The fourth-order valence-corrected chi connectivity index (χ4v) is 3.42. The van der Waals surface area contributed by atoms with Crippen molar-refractivity contribution in [3.05, 3.63) is 85.0 Å². The number of hydrogen-bond donors (Lipinski definition) is 0. The standard InChI is InChI=1S/C23H19NO2/c1-3-14-24(15-4-2)17-10-8-16(9-11-17)23-19-12-13-20(25)18-6-5-7-21(26-23)22(18)19/h3-13H,1-2,14-15H2. The highest BCUT2D eigenvalue weighted by atomic mass is 16.3. The Kier molecular flexibility index (Phi) is 4.05. The molecular formula is C23H19NO2. The summed E-state index contributed by atoms with van der Waals surface area (Å²) in [6, 6.07) is 13.9. The third-order valence-electron chi connectivity index (χ3n) is 4.61. The van der Waals surface area contributed by atoms with Gasteiger partial charge in [0.25, 0.3) is 0 Å². The van der Waals surface area contributed by atoms with Gasteiger partial charge in [0.1, 0.15) is 11.3 Å². The summed E-state index contributed by atoms with van der Waals surface area (Å²) in [6.07, 6.45) is 7.22. The lowest BCUT2D eigenvalue weighted by Crippen LogP contribution is -2.22. The number of allylic oxidation sites excluding steroid dienone is 1. The second-order valence-electron chi connectivity index (χ2n) is 6.25. The zero-order valence-electron chi connectivity index (χ0n) is 14.4. The maximum atomic E-state index is 12.1. The number of carbonyl (C=O) groups is 1. The van der Waals surface area contributed by atoms with Crippen molar-refractivity contribution in [3.8, 4) is 11.3 Å². The molecule has 3 aromatic rings. The van der Waals surface area contributed by atoms with Crippen molar-refractivity contribution in [2.24, 2.45) is 0 Å². The average Bonchev–Trinajstić information content (AvgIpc) is 3.05. The van der Waals surface area contributed by atoms with Gasteiger partial charge in [-0.2, -0.15) is 0 Å². The molecule has 3 heteroatoms. The van der Waals surface area contributed by atoms with Crippen LogP contribution in [0.15, 0.2) is 78.3 Å². The number of carbonyl (C=O) groups excluding carboxylic acids is 1. The van der Waals surface area contributed by atoms with Crippen LogP contribution in [0.3, 0.4) is 0 Å². The molecule has 0 saturated carbocycles. The first-order valence-electron chi connectivity index (χ1n) is 8.58. The van der Waals surface area contributed by atoms with Crippen LogP contribution in [-0.2, 0) is 0 Å². The highest BCUT2D eigenvalue weighted by Crippen LogP contribution is 2.39. The van der Waals surface area contributed by atoms with E-state index in [1.54, 1.807) is 6.08 Å². The van der Waals surface area contributed by atoms with E-state index in [1.165, 1.54) is 0 Å². The molecule has 1 aromatic heterocycles. The zero-order valence-corrected chi connectivity index (χ0v) is 14.4. The lowest BCUT2D eigenvalue weighted by Gasteiger charge is -2.21. The lowest BCUT2D eigenvalue weighted by molar-refractivity contribution is 0.104. The molecule has 4 rings (SSSR count). The second-order valence-corrected chi connectivity index (χ2v) is 6.25. The maximum Gasteiger partial charge on any atom is 0.186 e. The van der Waals surface area contributed by atoms with Crippen LogP contribution in [0, 0.1) is 0 Å². The molecule has 0 amide bonds. The van der Waals surface area contributed by atoms with Crippen LogP contribution in [0.2, 0.25) is 0 Å². The van der Waals surface area contributed by atoms with Gasteiger partial charge in [-0.25, -0.2) is 0 Å². The maximum absolute atomic E-state index is 12.1. The van der Waals surface area contributed by atoms with E-state index in [0.717, 1.165) is 46.6 Å². The number of furan rings is 1. The molecule has 0 fully saturated rings. The van der Waals surface area contributed by atoms with Gasteiger partial charge in [0.2, 0.25) is 0 Å². The zero-order chi connectivity index (χ0) is 18.1. The van der Waals surface area contributed by atoms with E-state index in [4.69, 9.17) is 4.42 Å². The van der Waals surface area contributed by atoms with Crippen molar-refractivity contribution in [1.29, 1.82) is 0 Å². The summed E-state index contributed by atoms with van der Waals surface area (Å²) in [5, 5.41) is 0.902. The van der Waals surface area contributed by atoms with Crippen molar-refractivity contribution in [1.82, 2.24) is 0 Å². The molecule has 0 unspecified atom stereocenters. The van der Waals surface area contributed by atoms with Crippen LogP contribution in [0.5, 0.6) is 0 Å². The van der Waals surface area contributed by atoms with Crippen LogP contribution >= 0.6 is 0 Å². The normalized spacial score (nSPS) is 12.4. The van der Waals surface area contributed by atoms with Gasteiger partial charge in [-0.15, -0.1) is 13.2 Å². The Morgan fingerprint density at radius 3 is 2.38 bits per heavy atom.